The van der Waals surface area contributed by atoms with Crippen molar-refractivity contribution in [2.45, 2.75) is 57.0 Å². The number of rotatable bonds is 1. The highest BCUT2D eigenvalue weighted by Gasteiger charge is 2.37. The average molecular weight is 201 g/mol. The van der Waals surface area contributed by atoms with E-state index in [-0.39, 0.29) is 0 Å². The van der Waals surface area contributed by atoms with E-state index in [1.54, 1.807) is 0 Å². The zero-order valence-corrected chi connectivity index (χ0v) is 9.18. The zero-order valence-electron chi connectivity index (χ0n) is 8.37. The van der Waals surface area contributed by atoms with Gasteiger partial charge in [-0.05, 0) is 32.1 Å². The van der Waals surface area contributed by atoms with Crippen molar-refractivity contribution in [2.24, 2.45) is 0 Å². The monoisotopic (exact) mass is 201 g/mol. The molecule has 2 aliphatic heterocycles. The van der Waals surface area contributed by atoms with E-state index in [4.69, 9.17) is 0 Å². The van der Waals surface area contributed by atoms with Gasteiger partial charge in [0.1, 0.15) is 6.26 Å². The smallest absolute Gasteiger partial charge is 0.115 e. The van der Waals surface area contributed by atoms with Crippen LogP contribution in [-0.4, -0.2) is 27.2 Å². The minimum Gasteiger partial charge on any atom is -0.598 e. The summed E-state index contributed by atoms with van der Waals surface area (Å²) in [5.74, 6) is 0. The minimum absolute atomic E-state index is 0.632. The van der Waals surface area contributed by atoms with E-state index in [0.29, 0.717) is 12.1 Å². The Hall–Kier alpha value is 0.270. The van der Waals surface area contributed by atoms with Crippen molar-refractivity contribution >= 4 is 11.4 Å². The number of hydrogen-bond donors (Lipinski definition) is 0. The van der Waals surface area contributed by atoms with E-state index in [0.717, 1.165) is 0 Å². The van der Waals surface area contributed by atoms with Gasteiger partial charge in [-0.2, -0.15) is 0 Å². The van der Waals surface area contributed by atoms with Gasteiger partial charge < -0.3 is 4.55 Å². The predicted octanol–water partition coefficient (Wildman–Crippen LogP) is 2.08. The van der Waals surface area contributed by atoms with Gasteiger partial charge in [-0.25, -0.2) is 0 Å². The van der Waals surface area contributed by atoms with Crippen LogP contribution in [0.15, 0.2) is 0 Å². The van der Waals surface area contributed by atoms with E-state index in [9.17, 15) is 4.55 Å². The maximum Gasteiger partial charge on any atom is 0.115 e. The molecule has 2 saturated heterocycles. The molecular weight excluding hydrogens is 182 g/mol. The van der Waals surface area contributed by atoms with Crippen LogP contribution >= 0.6 is 0 Å². The second-order valence-corrected chi connectivity index (χ2v) is 5.58. The Morgan fingerprint density at radius 2 is 1.46 bits per heavy atom. The second-order valence-electron chi connectivity index (χ2n) is 4.31. The van der Waals surface area contributed by atoms with Gasteiger partial charge in [0, 0.05) is 11.4 Å². The summed E-state index contributed by atoms with van der Waals surface area (Å²) in [6.45, 7) is 0. The first kappa shape index (κ1) is 9.81. The lowest BCUT2D eigenvalue weighted by molar-refractivity contribution is 0.183. The fourth-order valence-electron chi connectivity index (χ4n) is 2.86. The molecule has 0 aliphatic carbocycles. The standard InChI is InChI=1S/C10H19NOS/c1-13(12)11-9-5-2-3-6-10(11)8-4-7-9/h9-10H,2-8H2,1H3. The van der Waals surface area contributed by atoms with Gasteiger partial charge in [0.25, 0.3) is 0 Å². The Labute approximate surface area is 84.0 Å². The summed E-state index contributed by atoms with van der Waals surface area (Å²) < 4.78 is 13.9. The molecule has 2 rings (SSSR count). The fraction of sp³-hybridized carbons (Fsp3) is 1.00. The van der Waals surface area contributed by atoms with Gasteiger partial charge >= 0.3 is 0 Å². The summed E-state index contributed by atoms with van der Waals surface area (Å²) >= 11 is -0.739. The van der Waals surface area contributed by atoms with Crippen LogP contribution in [0.25, 0.3) is 0 Å². The van der Waals surface area contributed by atoms with Crippen LogP contribution in [0.3, 0.4) is 0 Å². The van der Waals surface area contributed by atoms with E-state index < -0.39 is 11.4 Å². The molecule has 2 nitrogen and oxygen atoms in total. The molecule has 2 bridgehead atoms. The molecular formula is C10H19NOS. The second kappa shape index (κ2) is 4.20. The molecule has 0 spiro atoms. The summed E-state index contributed by atoms with van der Waals surface area (Å²) in [6.07, 6.45) is 11.0. The molecule has 0 saturated carbocycles. The van der Waals surface area contributed by atoms with Gasteiger partial charge in [-0.15, -0.1) is 4.31 Å². The molecule has 0 aromatic heterocycles. The maximum absolute atomic E-state index is 11.6. The van der Waals surface area contributed by atoms with E-state index in [1.165, 1.54) is 44.9 Å². The molecule has 0 aromatic rings. The Balaban J connectivity index is 2.11. The van der Waals surface area contributed by atoms with Crippen LogP contribution in [-0.2, 0) is 11.4 Å². The predicted molar refractivity (Wildman–Crippen MR) is 55.8 cm³/mol. The lowest BCUT2D eigenvalue weighted by Gasteiger charge is -2.38. The zero-order chi connectivity index (χ0) is 9.26. The van der Waals surface area contributed by atoms with Crippen LogP contribution in [0.4, 0.5) is 0 Å². The molecule has 0 amide bonds. The topological polar surface area (TPSA) is 26.3 Å². The molecule has 2 aliphatic rings. The summed E-state index contributed by atoms with van der Waals surface area (Å²) in [7, 11) is 0. The number of nitrogens with zero attached hydrogens (tertiary/aromatic N) is 1. The molecule has 0 aromatic carbocycles. The van der Waals surface area contributed by atoms with Crippen LogP contribution < -0.4 is 0 Å². The SMILES string of the molecule is C[S+]([O-])N1C2CCCCC1CCC2. The molecule has 0 N–H and O–H groups in total. The summed E-state index contributed by atoms with van der Waals surface area (Å²) in [5, 5.41) is 0. The molecule has 76 valence electrons. The van der Waals surface area contributed by atoms with Gasteiger partial charge in [-0.1, -0.05) is 12.8 Å². The van der Waals surface area contributed by atoms with E-state index in [1.807, 2.05) is 6.26 Å². The van der Waals surface area contributed by atoms with Crippen molar-refractivity contribution in [2.75, 3.05) is 6.26 Å². The Morgan fingerprint density at radius 1 is 1.00 bits per heavy atom. The van der Waals surface area contributed by atoms with E-state index in [2.05, 4.69) is 4.31 Å². The molecule has 13 heavy (non-hydrogen) atoms. The van der Waals surface area contributed by atoms with E-state index >= 15 is 0 Å². The van der Waals surface area contributed by atoms with Gasteiger partial charge in [0.2, 0.25) is 0 Å². The quantitative estimate of drug-likeness (QED) is 0.607. The highest BCUT2D eigenvalue weighted by atomic mass is 32.2. The third-order valence-electron chi connectivity index (χ3n) is 3.42. The maximum atomic E-state index is 11.6. The van der Waals surface area contributed by atoms with Crippen LogP contribution in [0, 0.1) is 0 Å². The average Bonchev–Trinajstić information content (AvgIpc) is 2.22. The number of piperidine rings is 1. The van der Waals surface area contributed by atoms with Crippen molar-refractivity contribution in [1.29, 1.82) is 0 Å². The van der Waals surface area contributed by atoms with Crippen molar-refractivity contribution < 1.29 is 4.55 Å². The molecule has 3 atom stereocenters. The lowest BCUT2D eigenvalue weighted by atomic mass is 9.98. The van der Waals surface area contributed by atoms with Gasteiger partial charge in [-0.3, -0.25) is 0 Å². The molecule has 2 heterocycles. The van der Waals surface area contributed by atoms with Crippen LogP contribution in [0.5, 0.6) is 0 Å². The summed E-state index contributed by atoms with van der Waals surface area (Å²) in [6, 6.07) is 1.26. The van der Waals surface area contributed by atoms with Crippen molar-refractivity contribution in [3.63, 3.8) is 0 Å². The van der Waals surface area contributed by atoms with Gasteiger partial charge in [0.15, 0.2) is 0 Å². The number of hydrogen-bond acceptors (Lipinski definition) is 2. The summed E-state index contributed by atoms with van der Waals surface area (Å²) in [5.41, 5.74) is 0. The fourth-order valence-corrected chi connectivity index (χ4v) is 4.13. The largest absolute Gasteiger partial charge is 0.598 e. The summed E-state index contributed by atoms with van der Waals surface area (Å²) in [4.78, 5) is 0. The first-order chi connectivity index (χ1) is 6.29. The van der Waals surface area contributed by atoms with Crippen molar-refractivity contribution in [3.8, 4) is 0 Å². The Morgan fingerprint density at radius 3 is 1.92 bits per heavy atom. The first-order valence-electron chi connectivity index (χ1n) is 5.41. The minimum atomic E-state index is -0.739. The lowest BCUT2D eigenvalue weighted by Crippen LogP contribution is -2.48. The highest BCUT2D eigenvalue weighted by Crippen LogP contribution is 2.34. The van der Waals surface area contributed by atoms with Crippen molar-refractivity contribution in [1.82, 2.24) is 4.31 Å². The third kappa shape index (κ3) is 2.03. The van der Waals surface area contributed by atoms with Gasteiger partial charge in [0.05, 0.1) is 12.1 Å². The third-order valence-corrected chi connectivity index (χ3v) is 4.61. The Kier molecular flexibility index (Phi) is 3.17. The normalized spacial score (nSPS) is 38.3. The molecule has 3 heteroatoms. The highest BCUT2D eigenvalue weighted by molar-refractivity contribution is 7.88. The van der Waals surface area contributed by atoms with Crippen LogP contribution in [0.2, 0.25) is 0 Å². The Bertz CT molecular complexity index is 160. The molecule has 0 radical (unpaired) electrons. The molecule has 3 unspecified atom stereocenters. The van der Waals surface area contributed by atoms with Crippen LogP contribution in [0.1, 0.15) is 44.9 Å². The first-order valence-corrected chi connectivity index (χ1v) is 6.92. The molecule has 2 fully saturated rings. The van der Waals surface area contributed by atoms with Crippen molar-refractivity contribution in [3.05, 3.63) is 0 Å². The number of fused-ring (bicyclic) bond motifs is 2.